The van der Waals surface area contributed by atoms with Crippen molar-refractivity contribution in [1.82, 2.24) is 4.90 Å². The van der Waals surface area contributed by atoms with Crippen molar-refractivity contribution in [3.63, 3.8) is 0 Å². The quantitative estimate of drug-likeness (QED) is 0.635. The molecule has 0 amide bonds. The molecule has 1 aliphatic heterocycles. The summed E-state index contributed by atoms with van der Waals surface area (Å²) in [5.74, 6) is 1.72. The zero-order valence-corrected chi connectivity index (χ0v) is 11.9. The highest BCUT2D eigenvalue weighted by molar-refractivity contribution is 4.81. The highest BCUT2D eigenvalue weighted by atomic mass is 15.1. The molecule has 92 valence electrons. The number of hydrogen-bond donors (Lipinski definition) is 0. The fraction of sp³-hybridized carbons (Fsp3) is 1.00. The van der Waals surface area contributed by atoms with E-state index in [4.69, 9.17) is 0 Å². The molecule has 0 aromatic rings. The summed E-state index contributed by atoms with van der Waals surface area (Å²) >= 11 is 0. The molecule has 1 fully saturated rings. The molecule has 15 heavy (non-hydrogen) atoms. The summed E-state index contributed by atoms with van der Waals surface area (Å²) in [4.78, 5) is 2.50. The molecule has 0 aromatic carbocycles. The van der Waals surface area contributed by atoms with E-state index in [2.05, 4.69) is 39.6 Å². The molecular weight excluding hydrogens is 182 g/mol. The number of rotatable bonds is 1. The summed E-state index contributed by atoms with van der Waals surface area (Å²) in [6.07, 6.45) is 2.75. The SMILES string of the molecule is CC.CC(C)C1CN(C)CCC(C)(C)C1. The van der Waals surface area contributed by atoms with Gasteiger partial charge < -0.3 is 4.90 Å². The molecule has 1 heterocycles. The predicted molar refractivity (Wildman–Crippen MR) is 70.2 cm³/mol. The number of hydrogen-bond acceptors (Lipinski definition) is 1. The van der Waals surface area contributed by atoms with Crippen LogP contribution in [-0.2, 0) is 0 Å². The second-order valence-corrected chi connectivity index (χ2v) is 5.88. The molecule has 1 aliphatic rings. The lowest BCUT2D eigenvalue weighted by Gasteiger charge is -2.28. The lowest BCUT2D eigenvalue weighted by molar-refractivity contribution is 0.226. The third-order valence-corrected chi connectivity index (χ3v) is 3.47. The van der Waals surface area contributed by atoms with Crippen molar-refractivity contribution < 1.29 is 0 Å². The van der Waals surface area contributed by atoms with E-state index in [9.17, 15) is 0 Å². The van der Waals surface area contributed by atoms with Gasteiger partial charge in [0, 0.05) is 6.54 Å². The van der Waals surface area contributed by atoms with Crippen LogP contribution >= 0.6 is 0 Å². The second kappa shape index (κ2) is 6.52. The standard InChI is InChI=1S/C12H25N.C2H6/c1-10(2)11-8-12(3,4)6-7-13(5)9-11;1-2/h10-11H,6-9H2,1-5H3;1-2H3. The smallest absolute Gasteiger partial charge is 0.000926 e. The minimum Gasteiger partial charge on any atom is -0.306 e. The Hall–Kier alpha value is -0.0400. The van der Waals surface area contributed by atoms with Gasteiger partial charge >= 0.3 is 0 Å². The average molecular weight is 213 g/mol. The van der Waals surface area contributed by atoms with Crippen LogP contribution in [0.1, 0.15) is 54.4 Å². The third-order valence-electron chi connectivity index (χ3n) is 3.47. The Kier molecular flexibility index (Phi) is 6.51. The first-order valence-corrected chi connectivity index (χ1v) is 6.59. The predicted octanol–water partition coefficient (Wildman–Crippen LogP) is 4.04. The second-order valence-electron chi connectivity index (χ2n) is 5.88. The van der Waals surface area contributed by atoms with Crippen molar-refractivity contribution in [2.24, 2.45) is 17.3 Å². The van der Waals surface area contributed by atoms with Crippen molar-refractivity contribution in [1.29, 1.82) is 0 Å². The molecule has 0 bridgehead atoms. The molecule has 0 aromatic heterocycles. The van der Waals surface area contributed by atoms with Crippen LogP contribution in [0.5, 0.6) is 0 Å². The third kappa shape index (κ3) is 5.55. The van der Waals surface area contributed by atoms with Crippen LogP contribution < -0.4 is 0 Å². The fourth-order valence-corrected chi connectivity index (χ4v) is 2.31. The molecule has 1 rings (SSSR count). The normalized spacial score (nSPS) is 26.8. The van der Waals surface area contributed by atoms with Crippen LogP contribution in [0.25, 0.3) is 0 Å². The van der Waals surface area contributed by atoms with Crippen molar-refractivity contribution in [2.45, 2.75) is 54.4 Å². The first-order chi connectivity index (χ1) is 6.91. The van der Waals surface area contributed by atoms with Gasteiger partial charge in [-0.05, 0) is 43.7 Å². The van der Waals surface area contributed by atoms with Gasteiger partial charge in [0.2, 0.25) is 0 Å². The van der Waals surface area contributed by atoms with E-state index in [-0.39, 0.29) is 0 Å². The lowest BCUT2D eigenvalue weighted by Crippen LogP contribution is -2.26. The van der Waals surface area contributed by atoms with Crippen LogP contribution in [0.15, 0.2) is 0 Å². The Morgan fingerprint density at radius 1 is 1.20 bits per heavy atom. The van der Waals surface area contributed by atoms with Crippen LogP contribution in [-0.4, -0.2) is 25.0 Å². The molecule has 0 aliphatic carbocycles. The molecule has 1 saturated heterocycles. The molecule has 0 saturated carbocycles. The van der Waals surface area contributed by atoms with Crippen LogP contribution in [0.3, 0.4) is 0 Å². The summed E-state index contributed by atoms with van der Waals surface area (Å²) in [5.41, 5.74) is 0.555. The van der Waals surface area contributed by atoms with Gasteiger partial charge in [-0.15, -0.1) is 0 Å². The van der Waals surface area contributed by atoms with Crippen molar-refractivity contribution in [2.75, 3.05) is 20.1 Å². The van der Waals surface area contributed by atoms with Gasteiger partial charge in [-0.2, -0.15) is 0 Å². The summed E-state index contributed by atoms with van der Waals surface area (Å²) in [6.45, 7) is 16.1. The Morgan fingerprint density at radius 3 is 2.20 bits per heavy atom. The Bertz CT molecular complexity index is 161. The number of nitrogens with zero attached hydrogens (tertiary/aromatic N) is 1. The molecule has 0 radical (unpaired) electrons. The number of likely N-dealkylation sites (tertiary alicyclic amines) is 1. The monoisotopic (exact) mass is 213 g/mol. The maximum Gasteiger partial charge on any atom is 0.000926 e. The molecule has 1 heteroatoms. The largest absolute Gasteiger partial charge is 0.306 e. The molecule has 1 atom stereocenters. The van der Waals surface area contributed by atoms with E-state index in [1.807, 2.05) is 13.8 Å². The van der Waals surface area contributed by atoms with E-state index in [1.165, 1.54) is 25.9 Å². The highest BCUT2D eigenvalue weighted by Gasteiger charge is 2.29. The van der Waals surface area contributed by atoms with Gasteiger partial charge in [-0.1, -0.05) is 41.5 Å². The first-order valence-electron chi connectivity index (χ1n) is 6.59. The van der Waals surface area contributed by atoms with Gasteiger partial charge in [-0.3, -0.25) is 0 Å². The Labute approximate surface area is 97.2 Å². The maximum atomic E-state index is 2.50. The van der Waals surface area contributed by atoms with E-state index in [1.54, 1.807) is 0 Å². The topological polar surface area (TPSA) is 3.24 Å². The molecule has 1 unspecified atom stereocenters. The van der Waals surface area contributed by atoms with Crippen LogP contribution in [0, 0.1) is 17.3 Å². The molecule has 0 N–H and O–H groups in total. The minimum atomic E-state index is 0.555. The summed E-state index contributed by atoms with van der Waals surface area (Å²) in [6, 6.07) is 0. The van der Waals surface area contributed by atoms with Crippen molar-refractivity contribution >= 4 is 0 Å². The first kappa shape index (κ1) is 15.0. The summed E-state index contributed by atoms with van der Waals surface area (Å²) in [7, 11) is 2.26. The fourth-order valence-electron chi connectivity index (χ4n) is 2.31. The minimum absolute atomic E-state index is 0.555. The van der Waals surface area contributed by atoms with Gasteiger partial charge in [0.25, 0.3) is 0 Å². The van der Waals surface area contributed by atoms with Crippen molar-refractivity contribution in [3.8, 4) is 0 Å². The zero-order valence-electron chi connectivity index (χ0n) is 11.9. The summed E-state index contributed by atoms with van der Waals surface area (Å²) in [5, 5.41) is 0. The van der Waals surface area contributed by atoms with Crippen LogP contribution in [0.2, 0.25) is 0 Å². The summed E-state index contributed by atoms with van der Waals surface area (Å²) < 4.78 is 0. The maximum absolute atomic E-state index is 2.50. The highest BCUT2D eigenvalue weighted by Crippen LogP contribution is 2.35. The van der Waals surface area contributed by atoms with Crippen molar-refractivity contribution in [3.05, 3.63) is 0 Å². The van der Waals surface area contributed by atoms with Gasteiger partial charge in [-0.25, -0.2) is 0 Å². The van der Waals surface area contributed by atoms with Crippen LogP contribution in [0.4, 0.5) is 0 Å². The molecular formula is C14H31N. The lowest BCUT2D eigenvalue weighted by atomic mass is 9.78. The van der Waals surface area contributed by atoms with Gasteiger partial charge in [0.1, 0.15) is 0 Å². The van der Waals surface area contributed by atoms with E-state index in [0.717, 1.165) is 11.8 Å². The molecule has 0 spiro atoms. The van der Waals surface area contributed by atoms with E-state index in [0.29, 0.717) is 5.41 Å². The van der Waals surface area contributed by atoms with E-state index >= 15 is 0 Å². The van der Waals surface area contributed by atoms with Gasteiger partial charge in [0.05, 0.1) is 0 Å². The zero-order chi connectivity index (χ0) is 12.1. The Balaban J connectivity index is 0.000000921. The Morgan fingerprint density at radius 2 is 1.73 bits per heavy atom. The molecule has 1 nitrogen and oxygen atoms in total. The van der Waals surface area contributed by atoms with E-state index < -0.39 is 0 Å². The van der Waals surface area contributed by atoms with Gasteiger partial charge in [0.15, 0.2) is 0 Å². The average Bonchev–Trinajstić information content (AvgIpc) is 2.29.